The SMILES string of the molecule is CSCC[C@H](NC(=O)[C@@H]1Cc2ncn(C(=O)OC(C)(C)C)c2CN1C(=O)OC(C)(C)C)C(=O)O. The Morgan fingerprint density at radius 3 is 2.26 bits per heavy atom. The highest BCUT2D eigenvalue weighted by atomic mass is 32.2. The van der Waals surface area contributed by atoms with E-state index in [1.807, 2.05) is 6.26 Å². The third kappa shape index (κ3) is 7.37. The maximum absolute atomic E-state index is 13.1. The molecule has 0 fully saturated rings. The first-order chi connectivity index (χ1) is 15.6. The number of aromatic nitrogens is 2. The molecule has 1 aliphatic rings. The van der Waals surface area contributed by atoms with Gasteiger partial charge in [-0.15, -0.1) is 0 Å². The number of carbonyl (C=O) groups is 4. The largest absolute Gasteiger partial charge is 0.480 e. The predicted molar refractivity (Wildman–Crippen MR) is 126 cm³/mol. The van der Waals surface area contributed by atoms with Gasteiger partial charge in [0, 0.05) is 6.42 Å². The van der Waals surface area contributed by atoms with Crippen LogP contribution in [0.2, 0.25) is 0 Å². The van der Waals surface area contributed by atoms with Gasteiger partial charge in [-0.1, -0.05) is 0 Å². The van der Waals surface area contributed by atoms with E-state index in [1.165, 1.54) is 27.6 Å². The summed E-state index contributed by atoms with van der Waals surface area (Å²) < 4.78 is 12.1. The Bertz CT molecular complexity index is 933. The van der Waals surface area contributed by atoms with E-state index in [2.05, 4.69) is 10.3 Å². The number of fused-ring (bicyclic) bond motifs is 1. The highest BCUT2D eigenvalue weighted by molar-refractivity contribution is 7.98. The maximum Gasteiger partial charge on any atom is 0.420 e. The first kappa shape index (κ1) is 27.5. The van der Waals surface area contributed by atoms with Gasteiger partial charge in [-0.05, 0) is 60.0 Å². The summed E-state index contributed by atoms with van der Waals surface area (Å²) in [6.45, 7) is 10.2. The van der Waals surface area contributed by atoms with Gasteiger partial charge < -0.3 is 19.9 Å². The van der Waals surface area contributed by atoms with Crippen molar-refractivity contribution in [3.8, 4) is 0 Å². The minimum absolute atomic E-state index is 0.00885. The molecule has 2 heterocycles. The number of ether oxygens (including phenoxy) is 2. The zero-order valence-corrected chi connectivity index (χ0v) is 21.5. The molecule has 34 heavy (non-hydrogen) atoms. The molecule has 0 saturated heterocycles. The first-order valence-electron chi connectivity index (χ1n) is 10.9. The molecule has 0 radical (unpaired) electrons. The second-order valence-corrected chi connectivity index (χ2v) is 11.0. The summed E-state index contributed by atoms with van der Waals surface area (Å²) in [5.74, 6) is -1.24. The van der Waals surface area contributed by atoms with Crippen molar-refractivity contribution >= 4 is 35.8 Å². The summed E-state index contributed by atoms with van der Waals surface area (Å²) in [5, 5.41) is 12.0. The number of carboxylic acid groups (broad SMARTS) is 1. The lowest BCUT2D eigenvalue weighted by Crippen LogP contribution is -2.56. The van der Waals surface area contributed by atoms with Crippen molar-refractivity contribution in [2.24, 2.45) is 0 Å². The molecule has 1 aromatic heterocycles. The molecule has 0 spiro atoms. The number of aliphatic carboxylic acids is 1. The first-order valence-corrected chi connectivity index (χ1v) is 12.3. The van der Waals surface area contributed by atoms with Gasteiger partial charge in [0.25, 0.3) is 0 Å². The number of hydrogen-bond acceptors (Lipinski definition) is 8. The summed E-state index contributed by atoms with van der Waals surface area (Å²) in [5.41, 5.74) is -0.715. The Morgan fingerprint density at radius 2 is 1.74 bits per heavy atom. The Hall–Kier alpha value is -2.76. The number of amides is 2. The lowest BCUT2D eigenvalue weighted by Gasteiger charge is -2.36. The number of thioether (sulfide) groups is 1. The summed E-state index contributed by atoms with van der Waals surface area (Å²) in [6.07, 6.45) is 1.95. The average Bonchev–Trinajstić information content (AvgIpc) is 3.10. The Morgan fingerprint density at radius 1 is 1.15 bits per heavy atom. The normalized spacial score (nSPS) is 16.9. The van der Waals surface area contributed by atoms with Crippen LogP contribution in [-0.2, 0) is 32.0 Å². The fourth-order valence-electron chi connectivity index (χ4n) is 3.29. The molecular formula is C22H34N4O7S. The molecule has 2 atom stereocenters. The minimum Gasteiger partial charge on any atom is -0.480 e. The fraction of sp³-hybridized carbons (Fsp3) is 0.682. The third-order valence-electron chi connectivity index (χ3n) is 4.78. The van der Waals surface area contributed by atoms with E-state index >= 15 is 0 Å². The number of carboxylic acids is 1. The number of hydrogen-bond donors (Lipinski definition) is 2. The Labute approximate surface area is 203 Å². The number of imidazole rings is 1. The maximum atomic E-state index is 13.1. The zero-order valence-electron chi connectivity index (χ0n) is 20.7. The van der Waals surface area contributed by atoms with E-state index in [4.69, 9.17) is 9.47 Å². The number of nitrogens with one attached hydrogen (secondary N) is 1. The molecule has 0 unspecified atom stereocenters. The van der Waals surface area contributed by atoms with Crippen LogP contribution in [0.15, 0.2) is 6.33 Å². The van der Waals surface area contributed by atoms with Crippen LogP contribution in [0.25, 0.3) is 0 Å². The van der Waals surface area contributed by atoms with E-state index in [0.29, 0.717) is 17.1 Å². The second-order valence-electron chi connectivity index (χ2n) is 10.00. The van der Waals surface area contributed by atoms with Crippen LogP contribution in [0.4, 0.5) is 9.59 Å². The summed E-state index contributed by atoms with van der Waals surface area (Å²) in [7, 11) is 0. The van der Waals surface area contributed by atoms with Crippen LogP contribution >= 0.6 is 11.8 Å². The standard InChI is InChI=1S/C22H34N4O7S/c1-21(2,3)32-19(30)25-11-16-14(23-12-26(16)20(31)33-22(4,5)6)10-15(25)17(27)24-13(18(28)29)8-9-34-7/h12-13,15H,8-11H2,1-7H3,(H,24,27)(H,28,29)/t13-,15-/m0/s1. The molecule has 1 aromatic rings. The van der Waals surface area contributed by atoms with Gasteiger partial charge in [-0.2, -0.15) is 11.8 Å². The molecule has 0 saturated carbocycles. The summed E-state index contributed by atoms with van der Waals surface area (Å²) >= 11 is 1.47. The van der Waals surface area contributed by atoms with E-state index in [0.717, 1.165) is 0 Å². The molecule has 12 heteroatoms. The predicted octanol–water partition coefficient (Wildman–Crippen LogP) is 2.65. The number of rotatable bonds is 6. The molecular weight excluding hydrogens is 464 g/mol. The summed E-state index contributed by atoms with van der Waals surface area (Å²) in [6, 6.07) is -2.15. The van der Waals surface area contributed by atoms with Crippen LogP contribution < -0.4 is 5.32 Å². The van der Waals surface area contributed by atoms with Crippen LogP contribution in [0.3, 0.4) is 0 Å². The lowest BCUT2D eigenvalue weighted by atomic mass is 10.0. The highest BCUT2D eigenvalue weighted by Gasteiger charge is 2.41. The lowest BCUT2D eigenvalue weighted by molar-refractivity contribution is -0.142. The molecule has 2 N–H and O–H groups in total. The fourth-order valence-corrected chi connectivity index (χ4v) is 3.76. The number of carbonyl (C=O) groups excluding carboxylic acids is 3. The molecule has 2 amide bonds. The second kappa shape index (κ2) is 10.7. The van der Waals surface area contributed by atoms with Crippen molar-refractivity contribution in [1.82, 2.24) is 19.8 Å². The van der Waals surface area contributed by atoms with E-state index in [-0.39, 0.29) is 19.4 Å². The summed E-state index contributed by atoms with van der Waals surface area (Å²) in [4.78, 5) is 55.9. The van der Waals surface area contributed by atoms with Crippen LogP contribution in [0, 0.1) is 0 Å². The topological polar surface area (TPSA) is 140 Å². The van der Waals surface area contributed by atoms with Crippen LogP contribution in [0.5, 0.6) is 0 Å². The van der Waals surface area contributed by atoms with Gasteiger partial charge >= 0.3 is 18.2 Å². The Balaban J connectivity index is 2.36. The Kier molecular flexibility index (Phi) is 8.62. The third-order valence-corrected chi connectivity index (χ3v) is 5.43. The molecule has 0 bridgehead atoms. The van der Waals surface area contributed by atoms with Crippen molar-refractivity contribution < 1.29 is 33.8 Å². The van der Waals surface area contributed by atoms with Crippen molar-refractivity contribution in [3.05, 3.63) is 17.7 Å². The quantitative estimate of drug-likeness (QED) is 0.605. The molecule has 1 aliphatic heterocycles. The number of nitrogens with zero attached hydrogens (tertiary/aromatic N) is 3. The zero-order chi connectivity index (χ0) is 25.8. The van der Waals surface area contributed by atoms with Crippen molar-refractivity contribution in [1.29, 1.82) is 0 Å². The smallest absolute Gasteiger partial charge is 0.420 e. The van der Waals surface area contributed by atoms with Gasteiger partial charge in [-0.3, -0.25) is 9.69 Å². The molecule has 11 nitrogen and oxygen atoms in total. The molecule has 2 rings (SSSR count). The highest BCUT2D eigenvalue weighted by Crippen LogP contribution is 2.26. The van der Waals surface area contributed by atoms with Gasteiger partial charge in [0.15, 0.2) is 0 Å². The molecule has 0 aromatic carbocycles. The van der Waals surface area contributed by atoms with Crippen molar-refractivity contribution in [2.45, 2.75) is 84.2 Å². The van der Waals surface area contributed by atoms with Gasteiger partial charge in [-0.25, -0.2) is 23.9 Å². The van der Waals surface area contributed by atoms with Crippen molar-refractivity contribution in [2.75, 3.05) is 12.0 Å². The van der Waals surface area contributed by atoms with Gasteiger partial charge in [0.2, 0.25) is 5.91 Å². The van der Waals surface area contributed by atoms with E-state index < -0.39 is 47.3 Å². The minimum atomic E-state index is -1.16. The molecule has 190 valence electrons. The van der Waals surface area contributed by atoms with Crippen molar-refractivity contribution in [3.63, 3.8) is 0 Å². The van der Waals surface area contributed by atoms with E-state index in [1.54, 1.807) is 41.5 Å². The van der Waals surface area contributed by atoms with Gasteiger partial charge in [0.1, 0.15) is 29.6 Å². The van der Waals surface area contributed by atoms with Crippen LogP contribution in [0.1, 0.15) is 59.4 Å². The molecule has 0 aliphatic carbocycles. The average molecular weight is 499 g/mol. The monoisotopic (exact) mass is 498 g/mol. The van der Waals surface area contributed by atoms with Gasteiger partial charge in [0.05, 0.1) is 17.9 Å². The van der Waals surface area contributed by atoms with E-state index in [9.17, 15) is 24.3 Å². The van der Waals surface area contributed by atoms with Crippen LogP contribution in [-0.4, -0.2) is 78.9 Å².